The van der Waals surface area contributed by atoms with Crippen molar-refractivity contribution in [2.24, 2.45) is 5.73 Å². The van der Waals surface area contributed by atoms with Crippen LogP contribution in [0.3, 0.4) is 0 Å². The lowest BCUT2D eigenvalue weighted by atomic mass is 10.3. The molecule has 1 aromatic heterocycles. The van der Waals surface area contributed by atoms with Crippen LogP contribution in [0, 0.1) is 0 Å². The molecule has 0 saturated carbocycles. The van der Waals surface area contributed by atoms with E-state index < -0.39 is 12.0 Å². The van der Waals surface area contributed by atoms with Crippen molar-refractivity contribution in [3.63, 3.8) is 0 Å². The summed E-state index contributed by atoms with van der Waals surface area (Å²) in [5.74, 6) is -0.864. The Morgan fingerprint density at radius 1 is 1.85 bits per heavy atom. The van der Waals surface area contributed by atoms with Crippen LogP contribution < -0.4 is 5.73 Å². The molecule has 0 saturated heterocycles. The Labute approximate surface area is 76.2 Å². The quantitative estimate of drug-likeness (QED) is 0.690. The van der Waals surface area contributed by atoms with Gasteiger partial charge in [-0.1, -0.05) is 0 Å². The fourth-order valence-electron chi connectivity index (χ4n) is 0.996. The van der Waals surface area contributed by atoms with Gasteiger partial charge in [-0.25, -0.2) is 9.78 Å². The van der Waals surface area contributed by atoms with Gasteiger partial charge in [0.25, 0.3) is 0 Å². The summed E-state index contributed by atoms with van der Waals surface area (Å²) < 4.78 is 1.56. The van der Waals surface area contributed by atoms with Gasteiger partial charge >= 0.3 is 5.97 Å². The number of nitrogens with two attached hydrogens (primary N) is 1. The number of carboxylic acid groups (broad SMARTS) is 1. The number of nitrogens with zero attached hydrogens (tertiary/aromatic N) is 2. The zero-order valence-electron chi connectivity index (χ0n) is 7.47. The first-order valence-electron chi connectivity index (χ1n) is 4.10. The average Bonchev–Trinajstić information content (AvgIpc) is 2.52. The smallest absolute Gasteiger partial charge is 0.326 e. The number of aliphatic carboxylic acids is 1. The lowest BCUT2D eigenvalue weighted by Gasteiger charge is -2.05. The van der Waals surface area contributed by atoms with Gasteiger partial charge in [0, 0.05) is 12.6 Å². The highest BCUT2D eigenvalue weighted by Crippen LogP contribution is 2.06. The number of hydrogen-bond donors (Lipinski definition) is 2. The number of imidazole rings is 1. The molecule has 0 aliphatic heterocycles. The van der Waals surface area contributed by atoms with Crippen LogP contribution in [-0.4, -0.2) is 27.2 Å². The summed E-state index contributed by atoms with van der Waals surface area (Å²) in [6.07, 6.45) is 3.91. The third-order valence-electron chi connectivity index (χ3n) is 1.86. The first kappa shape index (κ1) is 9.73. The zero-order valence-corrected chi connectivity index (χ0v) is 7.47. The van der Waals surface area contributed by atoms with E-state index in [1.54, 1.807) is 17.7 Å². The van der Waals surface area contributed by atoms with E-state index in [4.69, 9.17) is 10.8 Å². The predicted octanol–water partition coefficient (Wildman–Crippen LogP) is 0.0299. The van der Waals surface area contributed by atoms with Crippen LogP contribution in [0.25, 0.3) is 0 Å². The Morgan fingerprint density at radius 2 is 2.54 bits per heavy atom. The Bertz CT molecular complexity index is 295. The van der Waals surface area contributed by atoms with Crippen LogP contribution in [0.5, 0.6) is 0 Å². The van der Waals surface area contributed by atoms with Gasteiger partial charge in [-0.3, -0.25) is 0 Å². The fraction of sp³-hybridized carbons (Fsp3) is 0.500. The normalized spacial score (nSPS) is 12.8. The third-order valence-corrected chi connectivity index (χ3v) is 1.86. The van der Waals surface area contributed by atoms with E-state index in [2.05, 4.69) is 4.98 Å². The summed E-state index contributed by atoms with van der Waals surface area (Å²) in [5, 5.41) is 8.70. The lowest BCUT2D eigenvalue weighted by Crippen LogP contribution is -2.13. The van der Waals surface area contributed by atoms with Crippen LogP contribution >= 0.6 is 0 Å². The van der Waals surface area contributed by atoms with Gasteiger partial charge in [0.1, 0.15) is 6.04 Å². The van der Waals surface area contributed by atoms with E-state index >= 15 is 0 Å². The maximum Gasteiger partial charge on any atom is 0.326 e. The van der Waals surface area contributed by atoms with Gasteiger partial charge in [0.15, 0.2) is 0 Å². The Balaban J connectivity index is 2.73. The number of carbonyl (C=O) groups is 1. The van der Waals surface area contributed by atoms with Crippen LogP contribution in [-0.2, 0) is 11.2 Å². The molecular weight excluding hydrogens is 170 g/mol. The molecule has 1 aromatic rings. The zero-order chi connectivity index (χ0) is 9.84. The minimum Gasteiger partial charge on any atom is -0.480 e. The molecule has 1 atom stereocenters. The molecule has 0 aromatic carbocycles. The summed E-state index contributed by atoms with van der Waals surface area (Å²) in [6.45, 7) is 2.13. The molecule has 5 nitrogen and oxygen atoms in total. The largest absolute Gasteiger partial charge is 0.480 e. The summed E-state index contributed by atoms with van der Waals surface area (Å²) >= 11 is 0. The Morgan fingerprint density at radius 3 is 3.08 bits per heavy atom. The van der Waals surface area contributed by atoms with E-state index in [0.717, 1.165) is 5.69 Å². The second-order valence-corrected chi connectivity index (χ2v) is 2.87. The molecule has 3 N–H and O–H groups in total. The maximum atomic E-state index is 10.6. The van der Waals surface area contributed by atoms with Crippen molar-refractivity contribution >= 4 is 5.97 Å². The number of aromatic nitrogens is 2. The van der Waals surface area contributed by atoms with Crippen molar-refractivity contribution in [2.45, 2.75) is 19.4 Å². The highest BCUT2D eigenvalue weighted by Gasteiger charge is 2.12. The van der Waals surface area contributed by atoms with Crippen molar-refractivity contribution in [2.75, 3.05) is 6.54 Å². The summed E-state index contributed by atoms with van der Waals surface area (Å²) in [4.78, 5) is 14.6. The number of carboxylic acids is 1. The standard InChI is InChI=1S/C8H13N3O2/c1-6(8(12)13)11-4-7(2-3-9)10-5-11/h4-6H,2-3,9H2,1H3,(H,12,13). The van der Waals surface area contributed by atoms with Gasteiger partial charge in [-0.2, -0.15) is 0 Å². The van der Waals surface area contributed by atoms with E-state index in [9.17, 15) is 4.79 Å². The lowest BCUT2D eigenvalue weighted by molar-refractivity contribution is -0.140. The van der Waals surface area contributed by atoms with Crippen molar-refractivity contribution in [3.8, 4) is 0 Å². The molecule has 1 rings (SSSR count). The van der Waals surface area contributed by atoms with Crippen molar-refractivity contribution in [3.05, 3.63) is 18.2 Å². The summed E-state index contributed by atoms with van der Waals surface area (Å²) in [6, 6.07) is -0.570. The topological polar surface area (TPSA) is 81.1 Å². The van der Waals surface area contributed by atoms with E-state index in [1.165, 1.54) is 6.33 Å². The van der Waals surface area contributed by atoms with Crippen molar-refractivity contribution in [1.29, 1.82) is 0 Å². The van der Waals surface area contributed by atoms with Crippen LogP contribution in [0.15, 0.2) is 12.5 Å². The molecule has 0 fully saturated rings. The minimum atomic E-state index is -0.864. The van der Waals surface area contributed by atoms with Gasteiger partial charge in [0.05, 0.1) is 12.0 Å². The van der Waals surface area contributed by atoms with Gasteiger partial charge in [0.2, 0.25) is 0 Å². The summed E-state index contributed by atoms with van der Waals surface area (Å²) in [7, 11) is 0. The number of hydrogen-bond acceptors (Lipinski definition) is 3. The van der Waals surface area contributed by atoms with Gasteiger partial charge in [-0.15, -0.1) is 0 Å². The Kier molecular flexibility index (Phi) is 3.02. The molecule has 0 amide bonds. The SMILES string of the molecule is CC(C(=O)O)n1cnc(CCN)c1. The van der Waals surface area contributed by atoms with Crippen LogP contribution in [0.4, 0.5) is 0 Å². The molecule has 1 heterocycles. The molecule has 0 aliphatic rings. The first-order valence-corrected chi connectivity index (χ1v) is 4.10. The fourth-order valence-corrected chi connectivity index (χ4v) is 0.996. The van der Waals surface area contributed by atoms with Crippen LogP contribution in [0.2, 0.25) is 0 Å². The average molecular weight is 183 g/mol. The second kappa shape index (κ2) is 4.04. The minimum absolute atomic E-state index is 0.526. The Hall–Kier alpha value is -1.36. The van der Waals surface area contributed by atoms with Crippen molar-refractivity contribution < 1.29 is 9.90 Å². The van der Waals surface area contributed by atoms with E-state index in [0.29, 0.717) is 13.0 Å². The molecule has 0 bridgehead atoms. The molecule has 0 radical (unpaired) electrons. The molecule has 13 heavy (non-hydrogen) atoms. The van der Waals surface area contributed by atoms with Crippen LogP contribution in [0.1, 0.15) is 18.7 Å². The molecule has 5 heteroatoms. The monoisotopic (exact) mass is 183 g/mol. The predicted molar refractivity (Wildman–Crippen MR) is 47.3 cm³/mol. The number of rotatable bonds is 4. The van der Waals surface area contributed by atoms with E-state index in [-0.39, 0.29) is 0 Å². The summed E-state index contributed by atoms with van der Waals surface area (Å²) in [5.41, 5.74) is 6.17. The second-order valence-electron chi connectivity index (χ2n) is 2.87. The highest BCUT2D eigenvalue weighted by atomic mass is 16.4. The third kappa shape index (κ3) is 2.29. The molecule has 0 spiro atoms. The maximum absolute atomic E-state index is 10.6. The molecule has 72 valence electrons. The highest BCUT2D eigenvalue weighted by molar-refractivity contribution is 5.71. The van der Waals surface area contributed by atoms with Crippen molar-refractivity contribution in [1.82, 2.24) is 9.55 Å². The first-order chi connectivity index (χ1) is 6.15. The van der Waals surface area contributed by atoms with Gasteiger partial charge in [-0.05, 0) is 13.5 Å². The molecule has 0 aliphatic carbocycles. The molecular formula is C8H13N3O2. The molecule has 1 unspecified atom stereocenters. The van der Waals surface area contributed by atoms with E-state index in [1.807, 2.05) is 0 Å². The van der Waals surface area contributed by atoms with Gasteiger partial charge < -0.3 is 15.4 Å².